The molecule has 2 aromatic carbocycles. The van der Waals surface area contributed by atoms with E-state index in [4.69, 9.17) is 16.3 Å². The first-order valence-electron chi connectivity index (χ1n) is 6.98. The van der Waals surface area contributed by atoms with E-state index in [2.05, 4.69) is 0 Å². The Kier molecular flexibility index (Phi) is 5.41. The number of methoxy groups -OCH3 is 1. The molecule has 0 radical (unpaired) electrons. The molecule has 0 aliphatic carbocycles. The Bertz CT molecular complexity index is 869. The summed E-state index contributed by atoms with van der Waals surface area (Å²) in [6.07, 6.45) is -4.81. The number of ether oxygens (including phenoxy) is 1. The van der Waals surface area contributed by atoms with Crippen molar-refractivity contribution in [3.63, 3.8) is 0 Å². The zero-order chi connectivity index (χ0) is 19.6. The zero-order valence-electron chi connectivity index (χ0n) is 13.1. The minimum absolute atomic E-state index is 0.0182. The van der Waals surface area contributed by atoms with Crippen LogP contribution in [0.3, 0.4) is 0 Å². The highest BCUT2D eigenvalue weighted by molar-refractivity contribution is 6.30. The minimum atomic E-state index is -4.81. The second kappa shape index (κ2) is 7.20. The molecule has 0 saturated heterocycles. The predicted octanol–water partition coefficient (Wildman–Crippen LogP) is 4.49. The molecule has 0 heterocycles. The minimum Gasteiger partial charge on any atom is -0.496 e. The quantitative estimate of drug-likeness (QED) is 0.601. The van der Waals surface area contributed by atoms with E-state index in [1.54, 1.807) is 0 Å². The lowest BCUT2D eigenvalue weighted by atomic mass is 9.88. The number of halogens is 4. The molecule has 6 nitrogen and oxygen atoms in total. The van der Waals surface area contributed by atoms with Crippen molar-refractivity contribution in [3.8, 4) is 5.75 Å². The van der Waals surface area contributed by atoms with Gasteiger partial charge in [0.1, 0.15) is 11.7 Å². The largest absolute Gasteiger partial charge is 0.496 e. The van der Waals surface area contributed by atoms with Crippen LogP contribution in [0, 0.1) is 10.1 Å². The number of hydrogen-bond acceptors (Lipinski definition) is 4. The lowest BCUT2D eigenvalue weighted by Crippen LogP contribution is -2.17. The molecule has 2 aromatic rings. The Morgan fingerprint density at radius 1 is 1.23 bits per heavy atom. The van der Waals surface area contributed by atoms with Crippen LogP contribution in [-0.4, -0.2) is 23.1 Å². The van der Waals surface area contributed by atoms with Gasteiger partial charge in [-0.1, -0.05) is 17.7 Å². The number of nitrogens with zero attached hydrogens (tertiary/aromatic N) is 1. The number of carboxylic acids is 1. The van der Waals surface area contributed by atoms with Gasteiger partial charge in [0.15, 0.2) is 0 Å². The normalized spacial score (nSPS) is 12.5. The van der Waals surface area contributed by atoms with E-state index in [9.17, 15) is 33.2 Å². The zero-order valence-corrected chi connectivity index (χ0v) is 13.8. The summed E-state index contributed by atoms with van der Waals surface area (Å²) < 4.78 is 43.6. The highest BCUT2D eigenvalue weighted by Gasteiger charge is 2.37. The van der Waals surface area contributed by atoms with Crippen molar-refractivity contribution < 1.29 is 32.7 Å². The van der Waals surface area contributed by atoms with E-state index in [0.717, 1.165) is 6.07 Å². The van der Waals surface area contributed by atoms with Gasteiger partial charge >= 0.3 is 12.1 Å². The van der Waals surface area contributed by atoms with Crippen LogP contribution in [0.2, 0.25) is 5.02 Å². The van der Waals surface area contributed by atoms with Crippen LogP contribution in [0.15, 0.2) is 36.4 Å². The monoisotopic (exact) mass is 389 g/mol. The van der Waals surface area contributed by atoms with Crippen molar-refractivity contribution in [1.29, 1.82) is 0 Å². The summed E-state index contributed by atoms with van der Waals surface area (Å²) in [6.45, 7) is 0. The maximum absolute atomic E-state index is 12.8. The van der Waals surface area contributed by atoms with E-state index in [-0.39, 0.29) is 16.3 Å². The van der Waals surface area contributed by atoms with Gasteiger partial charge in [-0.25, -0.2) is 0 Å². The first kappa shape index (κ1) is 19.5. The van der Waals surface area contributed by atoms with Gasteiger partial charge in [-0.05, 0) is 24.3 Å². The molecule has 0 saturated carbocycles. The summed E-state index contributed by atoms with van der Waals surface area (Å²) in [5.41, 5.74) is -2.66. The number of hydrogen-bond donors (Lipinski definition) is 1. The summed E-state index contributed by atoms with van der Waals surface area (Å²) in [4.78, 5) is 22.0. The Hall–Kier alpha value is -2.81. The molecule has 0 fully saturated rings. The van der Waals surface area contributed by atoms with Gasteiger partial charge in [-0.3, -0.25) is 14.9 Å². The topological polar surface area (TPSA) is 89.7 Å². The molecular formula is C16H11ClF3NO5. The van der Waals surface area contributed by atoms with Crippen LogP contribution in [0.5, 0.6) is 5.75 Å². The van der Waals surface area contributed by atoms with Crippen LogP contribution in [0.25, 0.3) is 0 Å². The molecular weight excluding hydrogens is 379 g/mol. The number of benzene rings is 2. The SMILES string of the molecule is COc1ccc(Cl)cc1[C@@H](C(=O)O)c1ccc(C(F)(F)F)cc1[N+](=O)[O-]. The smallest absolute Gasteiger partial charge is 0.416 e. The first-order valence-corrected chi connectivity index (χ1v) is 7.35. The van der Waals surface area contributed by atoms with Crippen molar-refractivity contribution in [2.24, 2.45) is 0 Å². The molecule has 0 spiro atoms. The fourth-order valence-electron chi connectivity index (χ4n) is 2.49. The molecule has 2 rings (SSSR count). The fraction of sp³-hybridized carbons (Fsp3) is 0.188. The van der Waals surface area contributed by atoms with Gasteiger partial charge in [0.25, 0.3) is 5.69 Å². The highest BCUT2D eigenvalue weighted by Crippen LogP contribution is 2.40. The average Bonchev–Trinajstić information content (AvgIpc) is 2.54. The van der Waals surface area contributed by atoms with Crippen molar-refractivity contribution in [1.82, 2.24) is 0 Å². The van der Waals surface area contributed by atoms with Crippen molar-refractivity contribution in [2.75, 3.05) is 7.11 Å². The highest BCUT2D eigenvalue weighted by atomic mass is 35.5. The molecule has 0 aliphatic rings. The number of rotatable bonds is 5. The molecule has 10 heteroatoms. The number of nitro benzene ring substituents is 1. The van der Waals surface area contributed by atoms with E-state index in [1.165, 1.54) is 25.3 Å². The lowest BCUT2D eigenvalue weighted by Gasteiger charge is -2.18. The summed E-state index contributed by atoms with van der Waals surface area (Å²) in [5, 5.41) is 21.0. The Morgan fingerprint density at radius 2 is 1.88 bits per heavy atom. The third-order valence-electron chi connectivity index (χ3n) is 3.62. The first-order chi connectivity index (χ1) is 12.1. The lowest BCUT2D eigenvalue weighted by molar-refractivity contribution is -0.385. The van der Waals surface area contributed by atoms with E-state index in [1.807, 2.05) is 0 Å². The molecule has 0 bridgehead atoms. The van der Waals surface area contributed by atoms with Crippen LogP contribution in [-0.2, 0) is 11.0 Å². The van der Waals surface area contributed by atoms with Crippen LogP contribution < -0.4 is 4.74 Å². The molecule has 138 valence electrons. The second-order valence-electron chi connectivity index (χ2n) is 5.19. The summed E-state index contributed by atoms with van der Waals surface area (Å²) in [5.74, 6) is -3.07. The molecule has 0 amide bonds. The van der Waals surface area contributed by atoms with Gasteiger partial charge < -0.3 is 9.84 Å². The molecule has 0 aromatic heterocycles. The molecule has 26 heavy (non-hydrogen) atoms. The summed E-state index contributed by atoms with van der Waals surface area (Å²) >= 11 is 5.87. The molecule has 1 N–H and O–H groups in total. The van der Waals surface area contributed by atoms with Gasteiger partial charge in [0.2, 0.25) is 0 Å². The van der Waals surface area contributed by atoms with Crippen molar-refractivity contribution in [2.45, 2.75) is 12.1 Å². The third kappa shape index (κ3) is 3.88. The number of nitro groups is 1. The Balaban J connectivity index is 2.75. The second-order valence-corrected chi connectivity index (χ2v) is 5.62. The number of alkyl halides is 3. The van der Waals surface area contributed by atoms with Crippen LogP contribution >= 0.6 is 11.6 Å². The molecule has 0 unspecified atom stereocenters. The maximum Gasteiger partial charge on any atom is 0.416 e. The standard InChI is InChI=1S/C16H11ClF3NO5/c1-26-13-5-3-9(17)7-11(13)14(15(22)23)10-4-2-8(16(18,19)20)6-12(10)21(24)25/h2-7,14H,1H3,(H,22,23)/t14-/m0/s1. The fourth-order valence-corrected chi connectivity index (χ4v) is 2.67. The summed E-state index contributed by atoms with van der Waals surface area (Å²) in [6, 6.07) is 5.70. The molecule has 1 atom stereocenters. The van der Waals surface area contributed by atoms with Gasteiger partial charge in [-0.2, -0.15) is 13.2 Å². The molecule has 0 aliphatic heterocycles. The van der Waals surface area contributed by atoms with Crippen LogP contribution in [0.4, 0.5) is 18.9 Å². The Labute approximate surface area is 149 Å². The Morgan fingerprint density at radius 3 is 2.38 bits per heavy atom. The van der Waals surface area contributed by atoms with Gasteiger partial charge in [0, 0.05) is 22.2 Å². The van der Waals surface area contributed by atoms with Crippen molar-refractivity contribution in [3.05, 3.63) is 68.2 Å². The number of carboxylic acid groups (broad SMARTS) is 1. The average molecular weight is 390 g/mol. The summed E-state index contributed by atoms with van der Waals surface area (Å²) in [7, 11) is 1.26. The van der Waals surface area contributed by atoms with Crippen LogP contribution in [0.1, 0.15) is 22.6 Å². The van der Waals surface area contributed by atoms with E-state index < -0.39 is 39.8 Å². The van der Waals surface area contributed by atoms with Gasteiger partial charge in [0.05, 0.1) is 17.6 Å². The van der Waals surface area contributed by atoms with E-state index >= 15 is 0 Å². The van der Waals surface area contributed by atoms with Crippen molar-refractivity contribution >= 4 is 23.3 Å². The number of aliphatic carboxylic acids is 1. The predicted molar refractivity (Wildman–Crippen MR) is 85.6 cm³/mol. The maximum atomic E-state index is 12.8. The number of carbonyl (C=O) groups is 1. The van der Waals surface area contributed by atoms with Gasteiger partial charge in [-0.15, -0.1) is 0 Å². The third-order valence-corrected chi connectivity index (χ3v) is 3.85. The van der Waals surface area contributed by atoms with E-state index in [0.29, 0.717) is 12.1 Å².